The average Bonchev–Trinajstić information content (AvgIpc) is 3.25. The molecule has 0 aliphatic carbocycles. The van der Waals surface area contributed by atoms with Crippen molar-refractivity contribution in [3.05, 3.63) is 54.5 Å². The minimum Gasteiger partial charge on any atom is -0.459 e. The molecule has 0 atom stereocenters. The molecule has 5 heteroatoms. The van der Waals surface area contributed by atoms with Crippen LogP contribution >= 0.6 is 0 Å². The molecule has 2 aromatic rings. The number of likely N-dealkylation sites (tertiary alicyclic amines) is 1. The number of rotatable bonds is 9. The minimum atomic E-state index is -0.204. The highest BCUT2D eigenvalue weighted by molar-refractivity contribution is 6.04. The molecule has 1 aromatic carbocycles. The highest BCUT2D eigenvalue weighted by Gasteiger charge is 2.30. The summed E-state index contributed by atoms with van der Waals surface area (Å²) in [4.78, 5) is 17.4. The fourth-order valence-corrected chi connectivity index (χ4v) is 3.79. The number of amides is 1. The third-order valence-corrected chi connectivity index (χ3v) is 5.27. The maximum atomic E-state index is 13.0. The van der Waals surface area contributed by atoms with Crippen molar-refractivity contribution in [3.63, 3.8) is 0 Å². The second-order valence-electron chi connectivity index (χ2n) is 7.16. The molecule has 1 saturated heterocycles. The van der Waals surface area contributed by atoms with Gasteiger partial charge < -0.3 is 14.2 Å². The predicted molar refractivity (Wildman–Crippen MR) is 106 cm³/mol. The number of carbonyl (C=O) groups excluding carboxylic acids is 1. The monoisotopic (exact) mass is 371 g/mol. The average molecular weight is 371 g/mol. The molecule has 1 fully saturated rings. The molecule has 4 nitrogen and oxygen atoms in total. The van der Waals surface area contributed by atoms with E-state index in [9.17, 15) is 9.18 Å². The van der Waals surface area contributed by atoms with Crippen LogP contribution in [0.25, 0.3) is 0 Å². The zero-order chi connectivity index (χ0) is 18.9. The van der Waals surface area contributed by atoms with E-state index in [4.69, 9.17) is 4.42 Å². The van der Waals surface area contributed by atoms with Crippen molar-refractivity contribution in [1.29, 1.82) is 0 Å². The van der Waals surface area contributed by atoms with Crippen LogP contribution in [0.2, 0.25) is 0 Å². The summed E-state index contributed by atoms with van der Waals surface area (Å²) in [5.74, 6) is 0.310. The van der Waals surface area contributed by atoms with Gasteiger partial charge in [0.2, 0.25) is 0 Å². The van der Waals surface area contributed by atoms with E-state index in [0.717, 1.165) is 57.4 Å². The van der Waals surface area contributed by atoms with E-state index in [0.29, 0.717) is 12.2 Å². The normalized spacial score (nSPS) is 15.7. The first kappa shape index (κ1) is 19.6. The van der Waals surface area contributed by atoms with Gasteiger partial charge in [-0.2, -0.15) is 0 Å². The Bertz CT molecular complexity index is 667. The Morgan fingerprint density at radius 1 is 1.04 bits per heavy atom. The van der Waals surface area contributed by atoms with Gasteiger partial charge in [-0.05, 0) is 56.5 Å². The number of piperidine rings is 1. The number of unbranched alkanes of at least 4 members (excludes halogenated alkanes) is 3. The summed E-state index contributed by atoms with van der Waals surface area (Å²) in [5.41, 5.74) is 0.920. The molecule has 1 aliphatic rings. The topological polar surface area (TPSA) is 36.7 Å². The van der Waals surface area contributed by atoms with Gasteiger partial charge in [-0.3, -0.25) is 9.18 Å². The summed E-state index contributed by atoms with van der Waals surface area (Å²) in [7, 11) is 0. The molecule has 0 saturated carbocycles. The Hall–Kier alpha value is -2.14. The molecule has 146 valence electrons. The summed E-state index contributed by atoms with van der Waals surface area (Å²) < 4.78 is 17.5. The van der Waals surface area contributed by atoms with Gasteiger partial charge in [0.05, 0.1) is 12.9 Å². The maximum Gasteiger partial charge on any atom is 0.294 e. The number of carbonyl (C=O) groups is 1. The molecule has 0 N–H and O–H groups in total. The number of para-hydroxylation sites is 1. The zero-order valence-corrected chi connectivity index (χ0v) is 15.9. The molecule has 0 radical (unpaired) electrons. The van der Waals surface area contributed by atoms with Crippen LogP contribution in [-0.2, 0) is 0 Å². The molecular weight excluding hydrogens is 342 g/mol. The quantitative estimate of drug-likeness (QED) is 0.587. The van der Waals surface area contributed by atoms with Gasteiger partial charge in [0, 0.05) is 24.8 Å². The number of hydrogen-bond acceptors (Lipinski definition) is 3. The SMILES string of the molecule is O=C(c1ccco1)N(c1ccccc1)C1CCN(CCCCCC[18F])CC1. The van der Waals surface area contributed by atoms with Gasteiger partial charge >= 0.3 is 0 Å². The maximum absolute atomic E-state index is 13.0. The molecule has 1 aromatic heterocycles. The van der Waals surface area contributed by atoms with Gasteiger partial charge in [0.1, 0.15) is 0 Å². The first-order valence-electron chi connectivity index (χ1n) is 10.00. The third kappa shape index (κ3) is 5.42. The van der Waals surface area contributed by atoms with Crippen molar-refractivity contribution in [1.82, 2.24) is 4.90 Å². The number of halogens is 1. The van der Waals surface area contributed by atoms with Crippen LogP contribution < -0.4 is 4.90 Å². The lowest BCUT2D eigenvalue weighted by Crippen LogP contribution is -2.47. The molecular formula is C22H29FN2O2. The number of nitrogens with zero attached hydrogens (tertiary/aromatic N) is 2. The second-order valence-corrected chi connectivity index (χ2v) is 7.16. The van der Waals surface area contributed by atoms with Crippen molar-refractivity contribution >= 4 is 11.6 Å². The zero-order valence-electron chi connectivity index (χ0n) is 15.9. The van der Waals surface area contributed by atoms with Crippen LogP contribution in [0.4, 0.5) is 10.1 Å². The largest absolute Gasteiger partial charge is 0.459 e. The molecule has 27 heavy (non-hydrogen) atoms. The molecule has 0 unspecified atom stereocenters. The summed E-state index contributed by atoms with van der Waals surface area (Å²) >= 11 is 0. The van der Waals surface area contributed by atoms with Gasteiger partial charge in [0.25, 0.3) is 5.91 Å². The fourth-order valence-electron chi connectivity index (χ4n) is 3.79. The van der Waals surface area contributed by atoms with E-state index in [-0.39, 0.29) is 18.6 Å². The van der Waals surface area contributed by atoms with Gasteiger partial charge in [-0.1, -0.05) is 31.0 Å². The number of benzene rings is 1. The fraction of sp³-hybridized carbons (Fsp3) is 0.500. The van der Waals surface area contributed by atoms with Crippen LogP contribution in [0.5, 0.6) is 0 Å². The Morgan fingerprint density at radius 3 is 2.44 bits per heavy atom. The summed E-state index contributed by atoms with van der Waals surface area (Å²) in [5, 5.41) is 0. The predicted octanol–water partition coefficient (Wildman–Crippen LogP) is 4.92. The smallest absolute Gasteiger partial charge is 0.294 e. The molecule has 2 heterocycles. The lowest BCUT2D eigenvalue weighted by molar-refractivity contribution is 0.0933. The van der Waals surface area contributed by atoms with E-state index >= 15 is 0 Å². The Balaban J connectivity index is 1.59. The van der Waals surface area contributed by atoms with Gasteiger partial charge in [-0.25, -0.2) is 0 Å². The van der Waals surface area contributed by atoms with Crippen LogP contribution in [-0.4, -0.2) is 43.2 Å². The van der Waals surface area contributed by atoms with Crippen molar-refractivity contribution in [3.8, 4) is 0 Å². The number of anilines is 1. The van der Waals surface area contributed by atoms with Gasteiger partial charge in [0.15, 0.2) is 5.76 Å². The standard InChI is InChI=1S/C22H29FN2O2/c23-14-6-1-2-7-15-24-16-12-20(13-17-24)25(19-9-4-3-5-10-19)22(26)21-11-8-18-27-21/h3-5,8-11,18,20H,1-2,6-7,12-17H2/i23-1. The first-order chi connectivity index (χ1) is 13.3. The van der Waals surface area contributed by atoms with E-state index in [1.807, 2.05) is 35.2 Å². The third-order valence-electron chi connectivity index (χ3n) is 5.27. The minimum absolute atomic E-state index is 0.0733. The van der Waals surface area contributed by atoms with Crippen molar-refractivity contribution in [2.75, 3.05) is 31.2 Å². The molecule has 0 bridgehead atoms. The Kier molecular flexibility index (Phi) is 7.45. The van der Waals surface area contributed by atoms with Crippen molar-refractivity contribution in [2.24, 2.45) is 0 Å². The van der Waals surface area contributed by atoms with E-state index in [1.165, 1.54) is 0 Å². The molecule has 1 aliphatic heterocycles. The molecule has 0 spiro atoms. The van der Waals surface area contributed by atoms with Gasteiger partial charge in [-0.15, -0.1) is 0 Å². The van der Waals surface area contributed by atoms with E-state index < -0.39 is 0 Å². The van der Waals surface area contributed by atoms with Crippen molar-refractivity contribution < 1.29 is 13.6 Å². The molecule has 3 rings (SSSR count). The van der Waals surface area contributed by atoms with E-state index in [1.54, 1.807) is 18.4 Å². The number of hydrogen-bond donors (Lipinski definition) is 0. The summed E-state index contributed by atoms with van der Waals surface area (Å²) in [6.45, 7) is 2.84. The number of alkyl halides is 1. The van der Waals surface area contributed by atoms with E-state index in [2.05, 4.69) is 4.90 Å². The van der Waals surface area contributed by atoms with Crippen LogP contribution in [0, 0.1) is 0 Å². The lowest BCUT2D eigenvalue weighted by atomic mass is 10.0. The second kappa shape index (κ2) is 10.3. The Morgan fingerprint density at radius 2 is 1.78 bits per heavy atom. The lowest BCUT2D eigenvalue weighted by Gasteiger charge is -2.38. The van der Waals surface area contributed by atoms with Crippen molar-refractivity contribution in [2.45, 2.75) is 44.6 Å². The first-order valence-corrected chi connectivity index (χ1v) is 10.00. The summed E-state index contributed by atoms with van der Waals surface area (Å²) in [6.07, 6.45) is 7.32. The molecule has 1 amide bonds. The number of furan rings is 1. The highest BCUT2D eigenvalue weighted by Crippen LogP contribution is 2.26. The summed E-state index contributed by atoms with van der Waals surface area (Å²) in [6, 6.07) is 13.5. The van der Waals surface area contributed by atoms with Crippen LogP contribution in [0.1, 0.15) is 49.1 Å². The van der Waals surface area contributed by atoms with Crippen LogP contribution in [0.3, 0.4) is 0 Å². The van der Waals surface area contributed by atoms with Crippen LogP contribution in [0.15, 0.2) is 53.1 Å². The highest BCUT2D eigenvalue weighted by atomic mass is 18.2. The Labute approximate surface area is 161 Å².